The number of benzene rings is 2. The molecule has 25 heavy (non-hydrogen) atoms. The first-order valence-electron chi connectivity index (χ1n) is 7.90. The second kappa shape index (κ2) is 7.74. The molecule has 7 heteroatoms. The molecule has 0 aliphatic carbocycles. The SMILES string of the molecule is Cl.Fc1ccc(-c2nc(-c3ccc(C4CNCCO4)cc3)n[nH]2)cc1. The maximum absolute atomic E-state index is 13.0. The summed E-state index contributed by atoms with van der Waals surface area (Å²) < 4.78 is 18.8. The normalized spacial score (nSPS) is 17.1. The zero-order chi connectivity index (χ0) is 16.4. The van der Waals surface area contributed by atoms with Gasteiger partial charge in [-0.05, 0) is 29.8 Å². The molecule has 2 N–H and O–H groups in total. The van der Waals surface area contributed by atoms with E-state index in [1.54, 1.807) is 12.1 Å². The molecule has 1 aromatic heterocycles. The van der Waals surface area contributed by atoms with Crippen LogP contribution in [0.4, 0.5) is 4.39 Å². The highest BCUT2D eigenvalue weighted by Gasteiger charge is 2.16. The number of hydrogen-bond acceptors (Lipinski definition) is 4. The Balaban J connectivity index is 0.00000182. The Morgan fingerprint density at radius 3 is 2.40 bits per heavy atom. The minimum atomic E-state index is -0.270. The average molecular weight is 361 g/mol. The third kappa shape index (κ3) is 3.87. The van der Waals surface area contributed by atoms with Crippen LogP contribution in [-0.2, 0) is 4.74 Å². The maximum atomic E-state index is 13.0. The highest BCUT2D eigenvalue weighted by atomic mass is 35.5. The lowest BCUT2D eigenvalue weighted by molar-refractivity contribution is 0.0277. The van der Waals surface area contributed by atoms with Crippen LogP contribution >= 0.6 is 12.4 Å². The molecule has 4 rings (SSSR count). The molecule has 1 aliphatic rings. The van der Waals surface area contributed by atoms with Crippen molar-refractivity contribution in [2.75, 3.05) is 19.7 Å². The van der Waals surface area contributed by atoms with Gasteiger partial charge >= 0.3 is 0 Å². The van der Waals surface area contributed by atoms with Gasteiger partial charge in [-0.1, -0.05) is 24.3 Å². The lowest BCUT2D eigenvalue weighted by atomic mass is 10.1. The highest BCUT2D eigenvalue weighted by Crippen LogP contribution is 2.24. The number of H-pyrrole nitrogens is 1. The number of ether oxygens (including phenoxy) is 1. The van der Waals surface area contributed by atoms with Crippen molar-refractivity contribution in [2.24, 2.45) is 0 Å². The van der Waals surface area contributed by atoms with Gasteiger partial charge in [0.15, 0.2) is 11.6 Å². The van der Waals surface area contributed by atoms with Gasteiger partial charge in [0.05, 0.1) is 12.7 Å². The summed E-state index contributed by atoms with van der Waals surface area (Å²) >= 11 is 0. The van der Waals surface area contributed by atoms with Gasteiger partial charge in [0, 0.05) is 24.2 Å². The molecule has 1 atom stereocenters. The van der Waals surface area contributed by atoms with Crippen LogP contribution in [0.2, 0.25) is 0 Å². The number of nitrogens with zero attached hydrogens (tertiary/aromatic N) is 2. The fourth-order valence-electron chi connectivity index (χ4n) is 2.75. The van der Waals surface area contributed by atoms with Gasteiger partial charge in [-0.25, -0.2) is 9.37 Å². The zero-order valence-corrected chi connectivity index (χ0v) is 14.2. The smallest absolute Gasteiger partial charge is 0.181 e. The molecule has 0 amide bonds. The Kier molecular flexibility index (Phi) is 5.43. The van der Waals surface area contributed by atoms with Crippen molar-refractivity contribution in [1.82, 2.24) is 20.5 Å². The molecular weight excluding hydrogens is 343 g/mol. The van der Waals surface area contributed by atoms with Crippen LogP contribution < -0.4 is 5.32 Å². The second-order valence-electron chi connectivity index (χ2n) is 5.70. The Bertz CT molecular complexity index is 814. The van der Waals surface area contributed by atoms with E-state index in [1.165, 1.54) is 12.1 Å². The third-order valence-electron chi connectivity index (χ3n) is 4.07. The molecule has 2 heterocycles. The molecule has 5 nitrogen and oxygen atoms in total. The Morgan fingerprint density at radius 2 is 1.72 bits per heavy atom. The van der Waals surface area contributed by atoms with Gasteiger partial charge < -0.3 is 10.1 Å². The summed E-state index contributed by atoms with van der Waals surface area (Å²) in [5, 5.41) is 10.5. The van der Waals surface area contributed by atoms with E-state index in [1.807, 2.05) is 24.3 Å². The van der Waals surface area contributed by atoms with Crippen LogP contribution in [0.25, 0.3) is 22.8 Å². The van der Waals surface area contributed by atoms with E-state index < -0.39 is 0 Å². The predicted octanol–water partition coefficient (Wildman–Crippen LogP) is 3.36. The fourth-order valence-corrected chi connectivity index (χ4v) is 2.75. The van der Waals surface area contributed by atoms with Crippen LogP contribution in [-0.4, -0.2) is 34.9 Å². The molecule has 3 aromatic rings. The van der Waals surface area contributed by atoms with Crippen molar-refractivity contribution in [3.8, 4) is 22.8 Å². The van der Waals surface area contributed by atoms with E-state index in [0.29, 0.717) is 11.6 Å². The summed E-state index contributed by atoms with van der Waals surface area (Å²) in [5.41, 5.74) is 2.86. The van der Waals surface area contributed by atoms with E-state index in [-0.39, 0.29) is 24.3 Å². The van der Waals surface area contributed by atoms with Crippen LogP contribution in [0.1, 0.15) is 11.7 Å². The summed E-state index contributed by atoms with van der Waals surface area (Å²) in [6, 6.07) is 14.2. The third-order valence-corrected chi connectivity index (χ3v) is 4.07. The molecule has 1 saturated heterocycles. The van der Waals surface area contributed by atoms with Crippen LogP contribution in [0.5, 0.6) is 0 Å². The van der Waals surface area contributed by atoms with Crippen molar-refractivity contribution < 1.29 is 9.13 Å². The quantitative estimate of drug-likeness (QED) is 0.751. The van der Waals surface area contributed by atoms with Gasteiger partial charge in [0.2, 0.25) is 0 Å². The number of hydrogen-bond donors (Lipinski definition) is 2. The largest absolute Gasteiger partial charge is 0.371 e. The van der Waals surface area contributed by atoms with Gasteiger partial charge in [-0.2, -0.15) is 5.10 Å². The summed E-state index contributed by atoms with van der Waals surface area (Å²) in [4.78, 5) is 4.49. The number of halogens is 2. The van der Waals surface area contributed by atoms with E-state index >= 15 is 0 Å². The standard InChI is InChI=1S/C18H17FN4O.ClH/c19-15-7-5-14(6-8-15)18-21-17(22-23-18)13-3-1-12(2-4-13)16-11-20-9-10-24-16;/h1-8,16,20H,9-11H2,(H,21,22,23);1H. The van der Waals surface area contributed by atoms with E-state index in [2.05, 4.69) is 20.5 Å². The first kappa shape index (κ1) is 17.5. The highest BCUT2D eigenvalue weighted by molar-refractivity contribution is 5.85. The van der Waals surface area contributed by atoms with Crippen molar-refractivity contribution in [1.29, 1.82) is 0 Å². The van der Waals surface area contributed by atoms with Crippen molar-refractivity contribution >= 4 is 12.4 Å². The molecule has 1 aliphatic heterocycles. The molecule has 130 valence electrons. The Hall–Kier alpha value is -2.28. The molecule has 0 bridgehead atoms. The second-order valence-corrected chi connectivity index (χ2v) is 5.70. The van der Waals surface area contributed by atoms with E-state index in [4.69, 9.17) is 4.74 Å². The number of nitrogens with one attached hydrogen (secondary N) is 2. The van der Waals surface area contributed by atoms with E-state index in [0.717, 1.165) is 36.4 Å². The topological polar surface area (TPSA) is 62.8 Å². The number of aromatic nitrogens is 3. The zero-order valence-electron chi connectivity index (χ0n) is 13.4. The minimum Gasteiger partial charge on any atom is -0.371 e. The van der Waals surface area contributed by atoms with Gasteiger partial charge in [0.25, 0.3) is 0 Å². The summed E-state index contributed by atoms with van der Waals surface area (Å²) in [5.74, 6) is 0.964. The number of aromatic amines is 1. The molecule has 2 aromatic carbocycles. The number of morpholine rings is 1. The molecule has 0 saturated carbocycles. The fraction of sp³-hybridized carbons (Fsp3) is 0.222. The minimum absolute atomic E-state index is 0. The maximum Gasteiger partial charge on any atom is 0.181 e. The average Bonchev–Trinajstić information content (AvgIpc) is 3.13. The van der Waals surface area contributed by atoms with Crippen LogP contribution in [0.3, 0.4) is 0 Å². The molecular formula is C18H18ClFN4O. The predicted molar refractivity (Wildman–Crippen MR) is 96.0 cm³/mol. The van der Waals surface area contributed by atoms with Crippen molar-refractivity contribution in [2.45, 2.75) is 6.10 Å². The van der Waals surface area contributed by atoms with Crippen molar-refractivity contribution in [3.63, 3.8) is 0 Å². The van der Waals surface area contributed by atoms with E-state index in [9.17, 15) is 4.39 Å². The van der Waals surface area contributed by atoms with Crippen LogP contribution in [0.15, 0.2) is 48.5 Å². The first-order valence-corrected chi connectivity index (χ1v) is 7.90. The molecule has 1 unspecified atom stereocenters. The summed E-state index contributed by atoms with van der Waals surface area (Å²) in [6.07, 6.45) is 0.0923. The molecule has 0 spiro atoms. The van der Waals surface area contributed by atoms with Gasteiger partial charge in [-0.15, -0.1) is 12.4 Å². The number of rotatable bonds is 3. The lowest BCUT2D eigenvalue weighted by Gasteiger charge is -2.23. The van der Waals surface area contributed by atoms with Crippen molar-refractivity contribution in [3.05, 3.63) is 59.9 Å². The van der Waals surface area contributed by atoms with Gasteiger partial charge in [0.1, 0.15) is 5.82 Å². The van der Waals surface area contributed by atoms with Crippen LogP contribution in [0, 0.1) is 5.82 Å². The monoisotopic (exact) mass is 360 g/mol. The molecule has 1 fully saturated rings. The summed E-state index contributed by atoms with van der Waals surface area (Å²) in [7, 11) is 0. The summed E-state index contributed by atoms with van der Waals surface area (Å²) in [6.45, 7) is 2.46. The molecule has 0 radical (unpaired) electrons. The lowest BCUT2D eigenvalue weighted by Crippen LogP contribution is -2.33. The van der Waals surface area contributed by atoms with Gasteiger partial charge in [-0.3, -0.25) is 5.10 Å². The first-order chi connectivity index (χ1) is 11.8. The Labute approximate surface area is 151 Å². The Morgan fingerprint density at radius 1 is 1.00 bits per heavy atom.